The number of rotatable bonds is 2. The molecule has 11 rings (SSSR count). The molecule has 2 spiro atoms. The molecule has 2 fully saturated rings. The Kier molecular flexibility index (Phi) is 7.04. The second-order valence-electron chi connectivity index (χ2n) is 17.7. The standard InChI is InChI=1S/C51H49NSSi/c1-53(2)43-21-9-7-19-39(43)50(27-11-12-28-50)40-25-23-34(32-44(40)53)48-37-17-6-5-16-36(37)47(38-18-15-31-52-49(38)48)35-24-26-42-46(33-35)54(3,4)45-22-10-8-20-41(45)51(42)29-13-14-30-51/h5-10,15-26,31-33H,11-14,27-30H2,1-4H3. The van der Waals surface area contributed by atoms with Crippen molar-refractivity contribution in [2.24, 2.45) is 0 Å². The number of fused-ring (bicyclic) bond motifs is 10. The van der Waals surface area contributed by atoms with Crippen molar-refractivity contribution in [3.63, 3.8) is 0 Å². The maximum Gasteiger partial charge on any atom is 0.113 e. The normalized spacial score (nSPS) is 20.1. The lowest BCUT2D eigenvalue weighted by atomic mass is 9.72. The average molecular weight is 736 g/mol. The molecule has 0 bridgehead atoms. The van der Waals surface area contributed by atoms with E-state index in [1.807, 2.05) is 6.20 Å². The minimum absolute atomic E-state index is 0.139. The first kappa shape index (κ1) is 32.9. The monoisotopic (exact) mass is 735 g/mol. The summed E-state index contributed by atoms with van der Waals surface area (Å²) in [5.41, 5.74) is 13.1. The van der Waals surface area contributed by atoms with Gasteiger partial charge in [-0.05, 0) is 121 Å². The third-order valence-electron chi connectivity index (χ3n) is 14.6. The SMILES string of the molecule is C[Si]1(C)c2ccccc2C2(CCCC2)c2ccc(-c3c4ccccc4c(-c4ccc5c(c4)S(C)(C)c4ccccc4C54CCCC4)c4ncccc34)cc21. The third-order valence-corrected chi connectivity index (χ3v) is 21.0. The Morgan fingerprint density at radius 2 is 1.04 bits per heavy atom. The maximum atomic E-state index is 5.27. The molecule has 4 aliphatic rings. The molecule has 0 atom stereocenters. The predicted octanol–water partition coefficient (Wildman–Crippen LogP) is 12.4. The van der Waals surface area contributed by atoms with Crippen molar-refractivity contribution in [2.45, 2.75) is 85.1 Å². The Morgan fingerprint density at radius 1 is 0.500 bits per heavy atom. The van der Waals surface area contributed by atoms with Crippen LogP contribution in [0.15, 0.2) is 137 Å². The van der Waals surface area contributed by atoms with Crippen molar-refractivity contribution >= 4 is 50.2 Å². The molecule has 0 N–H and O–H groups in total. The smallest absolute Gasteiger partial charge is 0.113 e. The highest BCUT2D eigenvalue weighted by atomic mass is 32.3. The molecule has 54 heavy (non-hydrogen) atoms. The van der Waals surface area contributed by atoms with Crippen LogP contribution in [0.2, 0.25) is 13.1 Å². The van der Waals surface area contributed by atoms with E-state index in [2.05, 4.69) is 147 Å². The first-order valence-corrected chi connectivity index (χ1v) is 25.7. The summed E-state index contributed by atoms with van der Waals surface area (Å²) in [5.74, 6) is 0. The highest BCUT2D eigenvalue weighted by Crippen LogP contribution is 2.69. The van der Waals surface area contributed by atoms with Crippen molar-refractivity contribution < 1.29 is 0 Å². The molecule has 2 saturated carbocycles. The zero-order valence-electron chi connectivity index (χ0n) is 32.1. The zero-order chi connectivity index (χ0) is 36.5. The van der Waals surface area contributed by atoms with Gasteiger partial charge in [0.15, 0.2) is 0 Å². The highest BCUT2D eigenvalue weighted by Gasteiger charge is 2.49. The van der Waals surface area contributed by atoms with Gasteiger partial charge in [0, 0.05) is 28.0 Å². The summed E-state index contributed by atoms with van der Waals surface area (Å²) in [4.78, 5) is 8.42. The lowest BCUT2D eigenvalue weighted by Gasteiger charge is -2.48. The van der Waals surface area contributed by atoms with E-state index in [0.29, 0.717) is 0 Å². The average Bonchev–Trinajstić information content (AvgIpc) is 3.91. The molecule has 0 saturated heterocycles. The summed E-state index contributed by atoms with van der Waals surface area (Å²) in [6.07, 6.45) is 17.3. The van der Waals surface area contributed by atoms with Gasteiger partial charge in [-0.25, -0.2) is 0 Å². The van der Waals surface area contributed by atoms with E-state index in [1.165, 1.54) is 89.8 Å². The van der Waals surface area contributed by atoms with Crippen LogP contribution >= 0.6 is 10.0 Å². The fraction of sp³-hybridized carbons (Fsp3) is 0.275. The van der Waals surface area contributed by atoms with Gasteiger partial charge in [0.1, 0.15) is 8.07 Å². The van der Waals surface area contributed by atoms with Crippen LogP contribution in [0.4, 0.5) is 0 Å². The lowest BCUT2D eigenvalue weighted by Crippen LogP contribution is -2.62. The molecule has 1 nitrogen and oxygen atoms in total. The van der Waals surface area contributed by atoms with E-state index in [0.717, 1.165) is 5.52 Å². The van der Waals surface area contributed by atoms with Crippen molar-refractivity contribution in [2.75, 3.05) is 12.5 Å². The summed E-state index contributed by atoms with van der Waals surface area (Å²) in [6.45, 7) is 5.18. The summed E-state index contributed by atoms with van der Waals surface area (Å²) >= 11 is 0. The van der Waals surface area contributed by atoms with Gasteiger partial charge in [-0.2, -0.15) is 10.0 Å². The van der Waals surface area contributed by atoms with Crippen molar-refractivity contribution in [1.82, 2.24) is 4.98 Å². The molecule has 2 aliphatic carbocycles. The van der Waals surface area contributed by atoms with E-state index in [-0.39, 0.29) is 10.8 Å². The number of hydrogen-bond acceptors (Lipinski definition) is 1. The van der Waals surface area contributed by atoms with Gasteiger partial charge in [-0.15, -0.1) is 0 Å². The predicted molar refractivity (Wildman–Crippen MR) is 234 cm³/mol. The zero-order valence-corrected chi connectivity index (χ0v) is 34.0. The molecule has 3 heterocycles. The molecule has 7 aromatic rings. The quantitative estimate of drug-likeness (QED) is 0.127. The number of aromatic nitrogens is 1. The Morgan fingerprint density at radius 3 is 1.78 bits per heavy atom. The summed E-state index contributed by atoms with van der Waals surface area (Å²) < 4.78 is 0. The number of nitrogens with zero attached hydrogens (tertiary/aromatic N) is 1. The van der Waals surface area contributed by atoms with Crippen LogP contribution in [0.5, 0.6) is 0 Å². The topological polar surface area (TPSA) is 12.9 Å². The first-order valence-electron chi connectivity index (χ1n) is 20.3. The second kappa shape index (κ2) is 11.5. The Bertz CT molecular complexity index is 2450. The second-order valence-corrected chi connectivity index (χ2v) is 25.6. The van der Waals surface area contributed by atoms with Gasteiger partial charge in [0.05, 0.1) is 5.52 Å². The minimum Gasteiger partial charge on any atom is -0.256 e. The minimum atomic E-state index is -1.97. The van der Waals surface area contributed by atoms with Gasteiger partial charge < -0.3 is 0 Å². The highest BCUT2D eigenvalue weighted by molar-refractivity contribution is 8.32. The van der Waals surface area contributed by atoms with Gasteiger partial charge in [0.2, 0.25) is 0 Å². The van der Waals surface area contributed by atoms with Crippen molar-refractivity contribution in [3.8, 4) is 22.3 Å². The summed E-state index contributed by atoms with van der Waals surface area (Å²) in [7, 11) is -3.19. The molecule has 1 aromatic heterocycles. The molecular weight excluding hydrogens is 687 g/mol. The molecule has 0 radical (unpaired) electrons. The van der Waals surface area contributed by atoms with Gasteiger partial charge in [0.25, 0.3) is 0 Å². The Balaban J connectivity index is 1.15. The van der Waals surface area contributed by atoms with E-state index in [1.54, 1.807) is 42.4 Å². The number of hydrogen-bond donors (Lipinski definition) is 0. The van der Waals surface area contributed by atoms with Crippen LogP contribution in [0.25, 0.3) is 43.9 Å². The van der Waals surface area contributed by atoms with Crippen LogP contribution in [0.1, 0.15) is 73.6 Å². The third kappa shape index (κ3) is 4.26. The van der Waals surface area contributed by atoms with E-state index in [4.69, 9.17) is 4.98 Å². The number of benzene rings is 6. The maximum absolute atomic E-state index is 5.27. The van der Waals surface area contributed by atoms with Crippen LogP contribution in [0.3, 0.4) is 0 Å². The lowest BCUT2D eigenvalue weighted by molar-refractivity contribution is 0.509. The Labute approximate surface area is 323 Å². The van der Waals surface area contributed by atoms with E-state index < -0.39 is 18.1 Å². The number of pyridine rings is 1. The molecular formula is C51H49NSSi. The fourth-order valence-electron chi connectivity index (χ4n) is 12.1. The Hall–Kier alpha value is -4.44. The van der Waals surface area contributed by atoms with Crippen molar-refractivity contribution in [3.05, 3.63) is 150 Å². The summed E-state index contributed by atoms with van der Waals surface area (Å²) in [5, 5.41) is 7.14. The van der Waals surface area contributed by atoms with Crippen LogP contribution in [0, 0.1) is 0 Å². The van der Waals surface area contributed by atoms with E-state index in [9.17, 15) is 0 Å². The first-order chi connectivity index (χ1) is 26.3. The fourth-order valence-corrected chi connectivity index (χ4v) is 18.1. The van der Waals surface area contributed by atoms with Gasteiger partial charge in [-0.1, -0.05) is 147 Å². The van der Waals surface area contributed by atoms with Crippen LogP contribution < -0.4 is 10.4 Å². The largest absolute Gasteiger partial charge is 0.256 e. The van der Waals surface area contributed by atoms with E-state index >= 15 is 0 Å². The molecule has 0 unspecified atom stereocenters. The molecule has 6 aromatic carbocycles. The van der Waals surface area contributed by atoms with Gasteiger partial charge >= 0.3 is 0 Å². The molecule has 2 aliphatic heterocycles. The van der Waals surface area contributed by atoms with Crippen LogP contribution in [-0.2, 0) is 10.8 Å². The molecule has 0 amide bonds. The van der Waals surface area contributed by atoms with Gasteiger partial charge in [-0.3, -0.25) is 4.98 Å². The summed E-state index contributed by atoms with van der Waals surface area (Å²) in [6, 6.07) is 47.8. The van der Waals surface area contributed by atoms with Crippen LogP contribution in [-0.4, -0.2) is 25.6 Å². The molecule has 3 heteroatoms. The molecule has 268 valence electrons. The van der Waals surface area contributed by atoms with Crippen molar-refractivity contribution in [1.29, 1.82) is 0 Å².